The smallest absolute Gasteiger partial charge is 0.670 e. The van der Waals surface area contributed by atoms with Gasteiger partial charge in [0.2, 0.25) is 0 Å². The summed E-state index contributed by atoms with van der Waals surface area (Å²) >= 11 is 0. The molecule has 0 aromatic heterocycles. The van der Waals surface area contributed by atoms with Crippen molar-refractivity contribution in [1.82, 2.24) is 0 Å². The van der Waals surface area contributed by atoms with Crippen LogP contribution in [0.15, 0.2) is 95.9 Å². The van der Waals surface area contributed by atoms with E-state index in [1.54, 1.807) is 12.4 Å². The average molecular weight is 324 g/mol. The molecular formula is C20H17KN2. The Morgan fingerprint density at radius 2 is 1.48 bits per heavy atom. The van der Waals surface area contributed by atoms with Gasteiger partial charge in [-0.15, -0.1) is 0 Å². The summed E-state index contributed by atoms with van der Waals surface area (Å²) in [6, 6.07) is 18.9. The Hall–Kier alpha value is -1.23. The molecule has 23 heavy (non-hydrogen) atoms. The molecule has 0 unspecified atom stereocenters. The van der Waals surface area contributed by atoms with Crippen LogP contribution in [-0.2, 0) is 0 Å². The molecular weight excluding hydrogens is 307 g/mol. The van der Waals surface area contributed by atoms with Crippen LogP contribution in [0.3, 0.4) is 0 Å². The van der Waals surface area contributed by atoms with Crippen LogP contribution in [0.5, 0.6) is 0 Å². The Morgan fingerprint density at radius 1 is 0.870 bits per heavy atom. The monoisotopic (exact) mass is 324 g/mol. The third-order valence-corrected chi connectivity index (χ3v) is 3.52. The van der Waals surface area contributed by atoms with Gasteiger partial charge < -0.3 is 5.32 Å². The van der Waals surface area contributed by atoms with Crippen molar-refractivity contribution in [2.75, 3.05) is 0 Å². The Morgan fingerprint density at radius 3 is 2.13 bits per heavy atom. The van der Waals surface area contributed by atoms with Crippen molar-refractivity contribution in [2.24, 2.45) is 4.99 Å². The fraction of sp³-hybridized carbons (Fsp3) is 0.0500. The Balaban J connectivity index is 0.00000192. The van der Waals surface area contributed by atoms with Gasteiger partial charge in [0.25, 0.3) is 0 Å². The van der Waals surface area contributed by atoms with Gasteiger partial charge >= 0.3 is 51.4 Å². The summed E-state index contributed by atoms with van der Waals surface area (Å²) in [5.41, 5.74) is 5.62. The van der Waals surface area contributed by atoms with Gasteiger partial charge in [0.05, 0.1) is 0 Å². The molecule has 2 aromatic rings. The van der Waals surface area contributed by atoms with E-state index < -0.39 is 0 Å². The third kappa shape index (κ3) is 5.13. The molecule has 1 aliphatic heterocycles. The molecule has 3 heteroatoms. The molecule has 1 heterocycles. The number of nitrogens with zero attached hydrogens (tertiary/aromatic N) is 2. The van der Waals surface area contributed by atoms with E-state index in [1.165, 1.54) is 11.1 Å². The molecule has 108 valence electrons. The van der Waals surface area contributed by atoms with Crippen molar-refractivity contribution in [2.45, 2.75) is 6.92 Å². The zero-order valence-electron chi connectivity index (χ0n) is 13.5. The molecule has 0 bridgehead atoms. The van der Waals surface area contributed by atoms with Crippen molar-refractivity contribution in [3.8, 4) is 11.1 Å². The number of hydrogen-bond donors (Lipinski definition) is 0. The van der Waals surface area contributed by atoms with Crippen molar-refractivity contribution in [3.05, 3.63) is 102 Å². The SMILES string of the molecule is CC(=NC=C1C=C[N-]C=C1)c1ccc(-c2ccccc2)cc1.[K+]. The van der Waals surface area contributed by atoms with Crippen LogP contribution >= 0.6 is 0 Å². The van der Waals surface area contributed by atoms with Gasteiger partial charge in [0, 0.05) is 11.9 Å². The maximum atomic E-state index is 4.53. The van der Waals surface area contributed by atoms with E-state index in [0.717, 1.165) is 16.8 Å². The Kier molecular flexibility index (Phi) is 7.21. The minimum Gasteiger partial charge on any atom is -0.670 e. The van der Waals surface area contributed by atoms with E-state index in [4.69, 9.17) is 0 Å². The van der Waals surface area contributed by atoms with Crippen LogP contribution in [0.4, 0.5) is 0 Å². The molecule has 2 nitrogen and oxygen atoms in total. The molecule has 0 amide bonds. The van der Waals surface area contributed by atoms with Gasteiger partial charge in [0.1, 0.15) is 0 Å². The van der Waals surface area contributed by atoms with Crippen molar-refractivity contribution >= 4 is 5.71 Å². The summed E-state index contributed by atoms with van der Waals surface area (Å²) in [4.78, 5) is 4.53. The first-order chi connectivity index (χ1) is 10.8. The van der Waals surface area contributed by atoms with E-state index in [0.29, 0.717) is 0 Å². The summed E-state index contributed by atoms with van der Waals surface area (Å²) < 4.78 is 0. The van der Waals surface area contributed by atoms with E-state index in [-0.39, 0.29) is 51.4 Å². The van der Waals surface area contributed by atoms with Crippen molar-refractivity contribution < 1.29 is 51.4 Å². The molecule has 0 saturated heterocycles. The van der Waals surface area contributed by atoms with Gasteiger partial charge in [-0.3, -0.25) is 4.99 Å². The summed E-state index contributed by atoms with van der Waals surface area (Å²) in [5.74, 6) is 0. The molecule has 0 aliphatic carbocycles. The molecule has 2 aromatic carbocycles. The van der Waals surface area contributed by atoms with E-state index in [2.05, 4.69) is 58.8 Å². The second kappa shape index (κ2) is 9.16. The largest absolute Gasteiger partial charge is 1.00 e. The molecule has 0 N–H and O–H groups in total. The Bertz CT molecular complexity index is 740. The van der Waals surface area contributed by atoms with Gasteiger partial charge in [0.15, 0.2) is 0 Å². The number of allylic oxidation sites excluding steroid dienone is 3. The van der Waals surface area contributed by atoms with Crippen molar-refractivity contribution in [1.29, 1.82) is 0 Å². The molecule has 0 saturated carbocycles. The maximum absolute atomic E-state index is 4.53. The zero-order chi connectivity index (χ0) is 15.2. The van der Waals surface area contributed by atoms with Crippen LogP contribution in [0.25, 0.3) is 16.4 Å². The molecule has 0 radical (unpaired) electrons. The first-order valence-corrected chi connectivity index (χ1v) is 7.26. The van der Waals surface area contributed by atoms with Gasteiger partial charge in [-0.05, 0) is 29.2 Å². The van der Waals surface area contributed by atoms with Gasteiger partial charge in [-0.1, -0.05) is 66.7 Å². The maximum Gasteiger partial charge on any atom is 1.00 e. The van der Waals surface area contributed by atoms with Crippen LogP contribution in [0.1, 0.15) is 12.5 Å². The minimum absolute atomic E-state index is 0. The van der Waals surface area contributed by atoms with E-state index in [1.807, 2.05) is 31.3 Å². The molecule has 0 fully saturated rings. The van der Waals surface area contributed by atoms with Crippen LogP contribution < -0.4 is 51.4 Å². The number of rotatable bonds is 3. The van der Waals surface area contributed by atoms with Gasteiger partial charge in [-0.2, -0.15) is 12.4 Å². The normalized spacial score (nSPS) is 13.3. The quantitative estimate of drug-likeness (QED) is 0.612. The van der Waals surface area contributed by atoms with Gasteiger partial charge in [-0.25, -0.2) is 0 Å². The minimum atomic E-state index is 0. The molecule has 3 rings (SSSR count). The number of hydrogen-bond acceptors (Lipinski definition) is 1. The summed E-state index contributed by atoms with van der Waals surface area (Å²) in [7, 11) is 0. The second-order valence-corrected chi connectivity index (χ2v) is 5.07. The van der Waals surface area contributed by atoms with E-state index >= 15 is 0 Å². The van der Waals surface area contributed by atoms with E-state index in [9.17, 15) is 0 Å². The summed E-state index contributed by atoms with van der Waals surface area (Å²) in [6.07, 6.45) is 9.28. The number of benzene rings is 2. The first kappa shape index (κ1) is 18.1. The number of aliphatic imine (C=N–C) groups is 1. The fourth-order valence-electron chi connectivity index (χ4n) is 2.23. The first-order valence-electron chi connectivity index (χ1n) is 7.26. The molecule has 0 spiro atoms. The Labute approximate surface area is 180 Å². The topological polar surface area (TPSA) is 26.5 Å². The zero-order valence-corrected chi connectivity index (χ0v) is 16.6. The average Bonchev–Trinajstić information content (AvgIpc) is 2.61. The predicted octanol–water partition coefficient (Wildman–Crippen LogP) is 2.47. The molecule has 1 aliphatic rings. The predicted molar refractivity (Wildman–Crippen MR) is 93.8 cm³/mol. The summed E-state index contributed by atoms with van der Waals surface area (Å²) in [6.45, 7) is 2.02. The standard InChI is InChI=1S/C20H17N2.K/c1-16(22-15-17-11-13-21-14-12-17)18-7-9-20(10-8-18)19-5-3-2-4-6-19;/h2-15H,1H3;/q-1;+1. The molecule has 0 atom stereocenters. The third-order valence-electron chi connectivity index (χ3n) is 3.52. The second-order valence-electron chi connectivity index (χ2n) is 5.07. The van der Waals surface area contributed by atoms with Crippen molar-refractivity contribution in [3.63, 3.8) is 0 Å². The van der Waals surface area contributed by atoms with Crippen LogP contribution in [-0.4, -0.2) is 5.71 Å². The fourth-order valence-corrected chi connectivity index (χ4v) is 2.23. The van der Waals surface area contributed by atoms with Crippen LogP contribution in [0, 0.1) is 0 Å². The van der Waals surface area contributed by atoms with Crippen LogP contribution in [0.2, 0.25) is 0 Å². The summed E-state index contributed by atoms with van der Waals surface area (Å²) in [5, 5.41) is 4.00.